The highest BCUT2D eigenvalue weighted by atomic mass is 16.5. The van der Waals surface area contributed by atoms with E-state index in [1.165, 1.54) is 0 Å². The standard InChI is InChI=1S/C17H27N3O3/c1-11(2)20-15(7-9-18-20)16-14(8-10-23-16)19-17(22)12-3-5-13(21)6-4-12/h7,9,11-14,16,21H,3-6,8,10H2,1-2H3,(H,19,22)/t12?,13?,14-,16-/m0/s1. The molecular formula is C17H27N3O3. The van der Waals surface area contributed by atoms with Gasteiger partial charge in [0.05, 0.1) is 17.8 Å². The van der Waals surface area contributed by atoms with E-state index in [0.29, 0.717) is 6.61 Å². The Hall–Kier alpha value is -1.40. The van der Waals surface area contributed by atoms with Crippen LogP contribution in [0.2, 0.25) is 0 Å². The van der Waals surface area contributed by atoms with Crippen LogP contribution in [0, 0.1) is 5.92 Å². The second kappa shape index (κ2) is 7.01. The molecule has 6 nitrogen and oxygen atoms in total. The molecule has 1 aliphatic carbocycles. The summed E-state index contributed by atoms with van der Waals surface area (Å²) in [6.07, 6.45) is 5.25. The van der Waals surface area contributed by atoms with Crippen molar-refractivity contribution in [3.63, 3.8) is 0 Å². The molecule has 0 radical (unpaired) electrons. The van der Waals surface area contributed by atoms with Crippen molar-refractivity contribution in [1.29, 1.82) is 0 Å². The van der Waals surface area contributed by atoms with E-state index in [9.17, 15) is 9.90 Å². The van der Waals surface area contributed by atoms with Gasteiger partial charge < -0.3 is 15.2 Å². The van der Waals surface area contributed by atoms with E-state index < -0.39 is 0 Å². The van der Waals surface area contributed by atoms with Gasteiger partial charge in [0, 0.05) is 24.8 Å². The van der Waals surface area contributed by atoms with Crippen LogP contribution in [0.5, 0.6) is 0 Å². The average molecular weight is 321 g/mol. The van der Waals surface area contributed by atoms with Gasteiger partial charge in [0.15, 0.2) is 0 Å². The van der Waals surface area contributed by atoms with Crippen LogP contribution in [0.4, 0.5) is 0 Å². The van der Waals surface area contributed by atoms with Gasteiger partial charge in [0.1, 0.15) is 6.10 Å². The summed E-state index contributed by atoms with van der Waals surface area (Å²) in [5.74, 6) is 0.127. The molecule has 1 aromatic rings. The highest BCUT2D eigenvalue weighted by Crippen LogP contribution is 2.31. The van der Waals surface area contributed by atoms with Crippen molar-refractivity contribution in [2.45, 2.75) is 70.2 Å². The van der Waals surface area contributed by atoms with E-state index in [4.69, 9.17) is 4.74 Å². The maximum Gasteiger partial charge on any atom is 0.223 e. The molecule has 0 spiro atoms. The van der Waals surface area contributed by atoms with E-state index in [1.54, 1.807) is 6.20 Å². The lowest BCUT2D eigenvalue weighted by molar-refractivity contribution is -0.127. The molecule has 3 rings (SSSR count). The highest BCUT2D eigenvalue weighted by molar-refractivity contribution is 5.79. The molecular weight excluding hydrogens is 294 g/mol. The fourth-order valence-corrected chi connectivity index (χ4v) is 3.65. The molecule has 23 heavy (non-hydrogen) atoms. The van der Waals surface area contributed by atoms with Gasteiger partial charge in [-0.2, -0.15) is 5.10 Å². The topological polar surface area (TPSA) is 76.4 Å². The largest absolute Gasteiger partial charge is 0.393 e. The Morgan fingerprint density at radius 2 is 2.09 bits per heavy atom. The predicted octanol–water partition coefficient (Wildman–Crippen LogP) is 1.96. The number of amides is 1. The number of aliphatic hydroxyl groups excluding tert-OH is 1. The zero-order valence-electron chi connectivity index (χ0n) is 13.9. The molecule has 0 aromatic carbocycles. The molecule has 2 fully saturated rings. The predicted molar refractivity (Wildman–Crippen MR) is 85.8 cm³/mol. The number of carbonyl (C=O) groups is 1. The summed E-state index contributed by atoms with van der Waals surface area (Å²) in [7, 11) is 0. The second-order valence-electron chi connectivity index (χ2n) is 6.99. The van der Waals surface area contributed by atoms with E-state index in [2.05, 4.69) is 24.3 Å². The number of nitrogens with one attached hydrogen (secondary N) is 1. The van der Waals surface area contributed by atoms with Crippen LogP contribution < -0.4 is 5.32 Å². The molecule has 0 bridgehead atoms. The summed E-state index contributed by atoms with van der Waals surface area (Å²) in [4.78, 5) is 12.5. The van der Waals surface area contributed by atoms with Crippen molar-refractivity contribution >= 4 is 5.91 Å². The summed E-state index contributed by atoms with van der Waals surface area (Å²) >= 11 is 0. The van der Waals surface area contributed by atoms with Gasteiger partial charge in [-0.05, 0) is 52.0 Å². The normalized spacial score (nSPS) is 31.5. The maximum absolute atomic E-state index is 12.5. The monoisotopic (exact) mass is 321 g/mol. The molecule has 128 valence electrons. The van der Waals surface area contributed by atoms with Gasteiger partial charge in [-0.25, -0.2) is 0 Å². The lowest BCUT2D eigenvalue weighted by Gasteiger charge is -2.27. The minimum atomic E-state index is -0.234. The summed E-state index contributed by atoms with van der Waals surface area (Å²) < 4.78 is 7.85. The summed E-state index contributed by atoms with van der Waals surface area (Å²) in [5, 5.41) is 17.1. The lowest BCUT2D eigenvalue weighted by atomic mass is 9.86. The average Bonchev–Trinajstić information content (AvgIpc) is 3.15. The minimum absolute atomic E-state index is 0.00329. The molecule has 2 aliphatic rings. The van der Waals surface area contributed by atoms with Crippen molar-refractivity contribution in [3.05, 3.63) is 18.0 Å². The molecule has 0 unspecified atom stereocenters. The number of carbonyl (C=O) groups excluding carboxylic acids is 1. The molecule has 2 N–H and O–H groups in total. The van der Waals surface area contributed by atoms with Crippen molar-refractivity contribution < 1.29 is 14.6 Å². The van der Waals surface area contributed by atoms with Crippen LogP contribution in [0.15, 0.2) is 12.3 Å². The Bertz CT molecular complexity index is 535. The summed E-state index contributed by atoms with van der Waals surface area (Å²) in [5.41, 5.74) is 1.03. The van der Waals surface area contributed by atoms with E-state index in [0.717, 1.165) is 37.8 Å². The second-order valence-corrected chi connectivity index (χ2v) is 6.99. The van der Waals surface area contributed by atoms with Gasteiger partial charge in [0.25, 0.3) is 0 Å². The van der Waals surface area contributed by atoms with E-state index in [-0.39, 0.29) is 36.1 Å². The smallest absolute Gasteiger partial charge is 0.223 e. The first-order valence-electron chi connectivity index (χ1n) is 8.69. The van der Waals surface area contributed by atoms with Crippen molar-refractivity contribution in [3.8, 4) is 0 Å². The Morgan fingerprint density at radius 1 is 1.35 bits per heavy atom. The summed E-state index contributed by atoms with van der Waals surface area (Å²) in [6, 6.07) is 2.25. The van der Waals surface area contributed by atoms with Crippen LogP contribution >= 0.6 is 0 Å². The van der Waals surface area contributed by atoms with Gasteiger partial charge >= 0.3 is 0 Å². The van der Waals surface area contributed by atoms with Crippen LogP contribution in [-0.4, -0.2) is 39.5 Å². The molecule has 1 aromatic heterocycles. The number of rotatable bonds is 4. The van der Waals surface area contributed by atoms with Crippen molar-refractivity contribution in [1.82, 2.24) is 15.1 Å². The van der Waals surface area contributed by atoms with Gasteiger partial charge in [0.2, 0.25) is 5.91 Å². The molecule has 2 atom stereocenters. The minimum Gasteiger partial charge on any atom is -0.393 e. The Kier molecular flexibility index (Phi) is 5.02. The maximum atomic E-state index is 12.5. The highest BCUT2D eigenvalue weighted by Gasteiger charge is 2.35. The fourth-order valence-electron chi connectivity index (χ4n) is 3.65. The lowest BCUT2D eigenvalue weighted by Crippen LogP contribution is -2.42. The first-order valence-corrected chi connectivity index (χ1v) is 8.69. The Balaban J connectivity index is 1.65. The number of hydrogen-bond donors (Lipinski definition) is 2. The van der Waals surface area contributed by atoms with Crippen molar-refractivity contribution in [2.24, 2.45) is 5.92 Å². The van der Waals surface area contributed by atoms with Crippen LogP contribution in [0.25, 0.3) is 0 Å². The van der Waals surface area contributed by atoms with E-state index >= 15 is 0 Å². The zero-order valence-corrected chi connectivity index (χ0v) is 13.9. The van der Waals surface area contributed by atoms with Gasteiger partial charge in [-0.1, -0.05) is 0 Å². The number of aromatic nitrogens is 2. The first kappa shape index (κ1) is 16.5. The number of aliphatic hydroxyl groups is 1. The number of hydrogen-bond acceptors (Lipinski definition) is 4. The van der Waals surface area contributed by atoms with Crippen LogP contribution in [-0.2, 0) is 9.53 Å². The SMILES string of the molecule is CC(C)n1nccc1[C@H]1OCC[C@@H]1NC(=O)C1CCC(O)CC1. The molecule has 1 saturated heterocycles. The van der Waals surface area contributed by atoms with E-state index in [1.807, 2.05) is 10.7 Å². The third-order valence-electron chi connectivity index (χ3n) is 4.97. The molecule has 1 amide bonds. The fraction of sp³-hybridized carbons (Fsp3) is 0.765. The Labute approximate surface area is 137 Å². The molecule has 6 heteroatoms. The Morgan fingerprint density at radius 3 is 2.78 bits per heavy atom. The van der Waals surface area contributed by atoms with Gasteiger partial charge in [-0.3, -0.25) is 9.48 Å². The van der Waals surface area contributed by atoms with Gasteiger partial charge in [-0.15, -0.1) is 0 Å². The number of nitrogens with zero attached hydrogens (tertiary/aromatic N) is 2. The number of ether oxygens (including phenoxy) is 1. The molecule has 2 heterocycles. The van der Waals surface area contributed by atoms with Crippen molar-refractivity contribution in [2.75, 3.05) is 6.61 Å². The third kappa shape index (κ3) is 3.58. The first-order chi connectivity index (χ1) is 11.1. The third-order valence-corrected chi connectivity index (χ3v) is 4.97. The van der Waals surface area contributed by atoms with Crippen LogP contribution in [0.1, 0.15) is 63.8 Å². The zero-order chi connectivity index (χ0) is 16.4. The molecule has 1 saturated carbocycles. The molecule has 1 aliphatic heterocycles. The quantitative estimate of drug-likeness (QED) is 0.889. The summed E-state index contributed by atoms with van der Waals surface area (Å²) in [6.45, 7) is 4.83. The van der Waals surface area contributed by atoms with Crippen LogP contribution in [0.3, 0.4) is 0 Å².